The lowest BCUT2D eigenvalue weighted by atomic mass is 10.1. The average Bonchev–Trinajstić information content (AvgIpc) is 2.87. The Hall–Kier alpha value is -2.71. The van der Waals surface area contributed by atoms with Gasteiger partial charge in [-0.25, -0.2) is 9.78 Å². The monoisotopic (exact) mass is 335 g/mol. The molecule has 9 heteroatoms. The van der Waals surface area contributed by atoms with Crippen LogP contribution in [0.3, 0.4) is 0 Å². The average molecular weight is 335 g/mol. The van der Waals surface area contributed by atoms with Crippen molar-refractivity contribution in [2.24, 2.45) is 5.92 Å². The molecule has 2 heterocycles. The molecule has 1 unspecified atom stereocenters. The molecule has 2 rings (SSSR count). The number of fused-ring (bicyclic) bond motifs is 1. The number of nitrogens with zero attached hydrogens (tertiary/aromatic N) is 4. The molecule has 0 aliphatic heterocycles. The molecule has 9 nitrogen and oxygen atoms in total. The normalized spacial score (nSPS) is 12.7. The minimum absolute atomic E-state index is 0.101. The first-order valence-electron chi connectivity index (χ1n) is 7.48. The van der Waals surface area contributed by atoms with Crippen LogP contribution in [0, 0.1) is 5.92 Å². The topological polar surface area (TPSA) is 108 Å². The third-order valence-electron chi connectivity index (χ3n) is 3.03. The van der Waals surface area contributed by atoms with E-state index < -0.39 is 11.7 Å². The first kappa shape index (κ1) is 17.6. The second kappa shape index (κ2) is 6.81. The van der Waals surface area contributed by atoms with Gasteiger partial charge in [-0.3, -0.25) is 10.1 Å². The molecule has 1 atom stereocenters. The van der Waals surface area contributed by atoms with Crippen LogP contribution in [-0.2, 0) is 20.7 Å². The van der Waals surface area contributed by atoms with Crippen molar-refractivity contribution >= 4 is 23.7 Å². The van der Waals surface area contributed by atoms with Gasteiger partial charge in [-0.2, -0.15) is 9.50 Å². The molecule has 0 radical (unpaired) electrons. The third-order valence-corrected chi connectivity index (χ3v) is 3.03. The van der Waals surface area contributed by atoms with E-state index in [1.165, 1.54) is 11.6 Å². The number of ether oxygens (including phenoxy) is 2. The summed E-state index contributed by atoms with van der Waals surface area (Å²) in [7, 11) is 1.34. The molecule has 130 valence electrons. The van der Waals surface area contributed by atoms with E-state index in [0.29, 0.717) is 17.9 Å². The summed E-state index contributed by atoms with van der Waals surface area (Å²) < 4.78 is 11.4. The van der Waals surface area contributed by atoms with Gasteiger partial charge in [-0.15, -0.1) is 5.10 Å². The molecule has 1 N–H and O–H groups in total. The van der Waals surface area contributed by atoms with Gasteiger partial charge < -0.3 is 9.47 Å². The van der Waals surface area contributed by atoms with Gasteiger partial charge >= 0.3 is 12.1 Å². The van der Waals surface area contributed by atoms with E-state index in [-0.39, 0.29) is 17.8 Å². The molecule has 2 aromatic rings. The van der Waals surface area contributed by atoms with Crippen molar-refractivity contribution in [2.75, 3.05) is 12.4 Å². The zero-order chi connectivity index (χ0) is 17.9. The van der Waals surface area contributed by atoms with Gasteiger partial charge in [-0.05, 0) is 20.8 Å². The minimum atomic E-state index is -0.643. The van der Waals surface area contributed by atoms with E-state index in [4.69, 9.17) is 9.47 Å². The highest BCUT2D eigenvalue weighted by Crippen LogP contribution is 2.13. The highest BCUT2D eigenvalue weighted by molar-refractivity contribution is 5.82. The number of nitrogens with one attached hydrogen (secondary N) is 1. The summed E-state index contributed by atoms with van der Waals surface area (Å²) in [4.78, 5) is 31.8. The van der Waals surface area contributed by atoms with E-state index in [1.54, 1.807) is 40.0 Å². The molecule has 0 aromatic carbocycles. The summed E-state index contributed by atoms with van der Waals surface area (Å²) >= 11 is 0. The summed E-state index contributed by atoms with van der Waals surface area (Å²) in [5, 5.41) is 6.68. The van der Waals surface area contributed by atoms with Crippen LogP contribution >= 0.6 is 0 Å². The molecule has 2 aromatic heterocycles. The van der Waals surface area contributed by atoms with Crippen molar-refractivity contribution in [3.63, 3.8) is 0 Å². The fourth-order valence-electron chi connectivity index (χ4n) is 2.01. The summed E-state index contributed by atoms with van der Waals surface area (Å²) in [6, 6.07) is 1.65. The summed E-state index contributed by atoms with van der Waals surface area (Å²) in [5.74, 6) is -0.0695. The largest absolute Gasteiger partial charge is 0.469 e. The minimum Gasteiger partial charge on any atom is -0.469 e. The van der Waals surface area contributed by atoms with Crippen LogP contribution < -0.4 is 5.32 Å². The van der Waals surface area contributed by atoms with Gasteiger partial charge in [0.25, 0.3) is 5.95 Å². The number of rotatable bonds is 4. The molecule has 0 saturated heterocycles. The predicted octanol–water partition coefficient (Wildman–Crippen LogP) is 1.82. The number of hydrogen-bond donors (Lipinski definition) is 1. The molecule has 0 bridgehead atoms. The SMILES string of the molecule is COC(=O)C(C)Cc1nccc2nc(NC(=O)OC(C)(C)C)nn12. The zero-order valence-electron chi connectivity index (χ0n) is 14.4. The molecular formula is C15H21N5O4. The zero-order valence-corrected chi connectivity index (χ0v) is 14.4. The molecule has 0 saturated carbocycles. The maximum atomic E-state index is 11.8. The summed E-state index contributed by atoms with van der Waals surface area (Å²) in [6.45, 7) is 7.03. The summed E-state index contributed by atoms with van der Waals surface area (Å²) in [6.07, 6.45) is 1.26. The van der Waals surface area contributed by atoms with E-state index in [1.807, 2.05) is 0 Å². The van der Waals surface area contributed by atoms with Gasteiger partial charge in [0, 0.05) is 18.7 Å². The Morgan fingerprint density at radius 1 is 1.38 bits per heavy atom. The lowest BCUT2D eigenvalue weighted by Gasteiger charge is -2.18. The van der Waals surface area contributed by atoms with Gasteiger partial charge in [0.05, 0.1) is 13.0 Å². The van der Waals surface area contributed by atoms with Gasteiger partial charge in [0.1, 0.15) is 11.4 Å². The molecule has 0 fully saturated rings. The number of anilines is 1. The highest BCUT2D eigenvalue weighted by Gasteiger charge is 2.20. The van der Waals surface area contributed by atoms with Crippen molar-refractivity contribution < 1.29 is 19.1 Å². The van der Waals surface area contributed by atoms with Crippen LogP contribution in [0.5, 0.6) is 0 Å². The fourth-order valence-corrected chi connectivity index (χ4v) is 2.01. The van der Waals surface area contributed by atoms with E-state index >= 15 is 0 Å². The number of carbonyl (C=O) groups excluding carboxylic acids is 2. The molecule has 1 amide bonds. The summed E-state index contributed by atoms with van der Waals surface area (Å²) in [5.41, 5.74) is -0.116. The number of carbonyl (C=O) groups is 2. The second-order valence-electron chi connectivity index (χ2n) is 6.32. The van der Waals surface area contributed by atoms with Crippen LogP contribution in [0.2, 0.25) is 0 Å². The number of amides is 1. The van der Waals surface area contributed by atoms with Crippen LogP contribution in [0.15, 0.2) is 12.3 Å². The first-order valence-corrected chi connectivity index (χ1v) is 7.48. The molecular weight excluding hydrogens is 314 g/mol. The number of esters is 1. The number of methoxy groups -OCH3 is 1. The Kier molecular flexibility index (Phi) is 5.01. The van der Waals surface area contributed by atoms with Crippen molar-refractivity contribution in [3.8, 4) is 0 Å². The Morgan fingerprint density at radius 2 is 2.08 bits per heavy atom. The Bertz CT molecular complexity index is 750. The Balaban J connectivity index is 2.20. The van der Waals surface area contributed by atoms with Gasteiger partial charge in [0.15, 0.2) is 5.65 Å². The highest BCUT2D eigenvalue weighted by atomic mass is 16.6. The first-order chi connectivity index (χ1) is 11.2. The lowest BCUT2D eigenvalue weighted by molar-refractivity contribution is -0.144. The number of aromatic nitrogens is 4. The van der Waals surface area contributed by atoms with Crippen LogP contribution in [-0.4, -0.2) is 44.4 Å². The molecule has 0 aliphatic rings. The van der Waals surface area contributed by atoms with Gasteiger partial charge in [0.2, 0.25) is 0 Å². The van der Waals surface area contributed by atoms with Crippen molar-refractivity contribution in [2.45, 2.75) is 39.7 Å². The number of hydrogen-bond acceptors (Lipinski definition) is 7. The predicted molar refractivity (Wildman–Crippen MR) is 85.5 cm³/mol. The van der Waals surface area contributed by atoms with Crippen LogP contribution in [0.4, 0.5) is 10.7 Å². The van der Waals surface area contributed by atoms with E-state index in [9.17, 15) is 9.59 Å². The lowest BCUT2D eigenvalue weighted by Crippen LogP contribution is -2.27. The van der Waals surface area contributed by atoms with Gasteiger partial charge in [-0.1, -0.05) is 6.92 Å². The van der Waals surface area contributed by atoms with Crippen molar-refractivity contribution in [3.05, 3.63) is 18.1 Å². The molecule has 0 aliphatic carbocycles. The van der Waals surface area contributed by atoms with E-state index in [2.05, 4.69) is 20.4 Å². The Labute approximate surface area is 139 Å². The quantitative estimate of drug-likeness (QED) is 0.849. The van der Waals surface area contributed by atoms with Crippen LogP contribution in [0.1, 0.15) is 33.5 Å². The second-order valence-corrected chi connectivity index (χ2v) is 6.32. The molecule has 24 heavy (non-hydrogen) atoms. The van der Waals surface area contributed by atoms with E-state index in [0.717, 1.165) is 0 Å². The maximum absolute atomic E-state index is 11.8. The molecule has 0 spiro atoms. The Morgan fingerprint density at radius 3 is 2.71 bits per heavy atom. The smallest absolute Gasteiger partial charge is 0.414 e. The standard InChI is InChI=1S/C15H21N5O4/c1-9(12(21)23-5)8-11-16-7-6-10-17-13(19-20(10)11)18-14(22)24-15(2,3)4/h6-7,9H,8H2,1-5H3,(H,18,19,22). The van der Waals surface area contributed by atoms with Crippen LogP contribution in [0.25, 0.3) is 5.65 Å². The third kappa shape index (κ3) is 4.40. The fraction of sp³-hybridized carbons (Fsp3) is 0.533. The maximum Gasteiger partial charge on any atom is 0.414 e. The van der Waals surface area contributed by atoms with Crippen molar-refractivity contribution in [1.29, 1.82) is 0 Å². The van der Waals surface area contributed by atoms with Crippen molar-refractivity contribution in [1.82, 2.24) is 19.6 Å².